The Bertz CT molecular complexity index is 268. The normalized spacial score (nSPS) is 18.1. The van der Waals surface area contributed by atoms with Crippen LogP contribution in [0.15, 0.2) is 0 Å². The first-order valence-corrected chi connectivity index (χ1v) is 5.58. The number of rotatable bonds is 3. The Morgan fingerprint density at radius 2 is 2.00 bits per heavy atom. The molecular weight excluding hydrogens is 210 g/mol. The third-order valence-electron chi connectivity index (χ3n) is 2.18. The molecule has 0 bridgehead atoms. The Balaban J connectivity index is 2.44. The van der Waals surface area contributed by atoms with Gasteiger partial charge in [0.2, 0.25) is 0 Å². The van der Waals surface area contributed by atoms with Gasteiger partial charge in [-0.05, 0) is 39.5 Å². The molecule has 1 atom stereocenters. The predicted octanol–water partition coefficient (Wildman–Crippen LogP) is 1.15. The van der Waals surface area contributed by atoms with Gasteiger partial charge in [-0.25, -0.2) is 4.79 Å². The lowest BCUT2D eigenvalue weighted by Gasteiger charge is -2.24. The second-order valence-electron chi connectivity index (χ2n) is 5.07. The number of thiocarbonyl (C=S) groups is 1. The van der Waals surface area contributed by atoms with Gasteiger partial charge in [0, 0.05) is 5.54 Å². The first-order valence-electron chi connectivity index (χ1n) is 5.17. The molecule has 0 aromatic rings. The van der Waals surface area contributed by atoms with E-state index in [-0.39, 0.29) is 17.6 Å². The summed E-state index contributed by atoms with van der Waals surface area (Å²) in [6.07, 6.45) is 2.19. The molecule has 0 aromatic carbocycles. The minimum Gasteiger partial charge on any atom is -0.392 e. The monoisotopic (exact) mass is 229 g/mol. The maximum absolute atomic E-state index is 11.6. The molecule has 1 fully saturated rings. The fourth-order valence-corrected chi connectivity index (χ4v) is 1.62. The van der Waals surface area contributed by atoms with Crippen molar-refractivity contribution in [3.63, 3.8) is 0 Å². The molecule has 0 spiro atoms. The fraction of sp³-hybridized carbons (Fsp3) is 0.800. The molecule has 1 aliphatic carbocycles. The number of carbonyl (C=O) groups is 1. The number of amides is 2. The van der Waals surface area contributed by atoms with Crippen LogP contribution in [0.1, 0.15) is 33.6 Å². The van der Waals surface area contributed by atoms with E-state index in [1.54, 1.807) is 0 Å². The predicted molar refractivity (Wildman–Crippen MR) is 64.7 cm³/mol. The van der Waals surface area contributed by atoms with Gasteiger partial charge in [0.1, 0.15) is 0 Å². The van der Waals surface area contributed by atoms with E-state index in [4.69, 9.17) is 18.0 Å². The SMILES string of the molecule is CC(C)(C)NC(=O)NC(C(N)=S)C1CC1. The molecule has 1 rings (SSSR count). The topological polar surface area (TPSA) is 67.2 Å². The molecule has 15 heavy (non-hydrogen) atoms. The van der Waals surface area contributed by atoms with Crippen LogP contribution in [-0.2, 0) is 0 Å². The molecular formula is C10H19N3OS. The van der Waals surface area contributed by atoms with Crippen LogP contribution in [0.2, 0.25) is 0 Å². The second-order valence-corrected chi connectivity index (χ2v) is 5.54. The van der Waals surface area contributed by atoms with Gasteiger partial charge >= 0.3 is 6.03 Å². The fourth-order valence-electron chi connectivity index (χ4n) is 1.37. The van der Waals surface area contributed by atoms with Crippen LogP contribution in [0.5, 0.6) is 0 Å². The minimum absolute atomic E-state index is 0.151. The number of urea groups is 1. The van der Waals surface area contributed by atoms with Gasteiger partial charge in [-0.2, -0.15) is 0 Å². The standard InChI is InChI=1S/C10H19N3OS/c1-10(2,3)13-9(14)12-7(8(11)15)6-4-5-6/h6-7H,4-5H2,1-3H3,(H2,11,15)(H2,12,13,14). The number of nitrogens with two attached hydrogens (primary N) is 1. The zero-order valence-corrected chi connectivity index (χ0v) is 10.3. The molecule has 4 nitrogen and oxygen atoms in total. The molecule has 4 N–H and O–H groups in total. The molecule has 0 heterocycles. The van der Waals surface area contributed by atoms with Gasteiger partial charge in [0.15, 0.2) is 0 Å². The van der Waals surface area contributed by atoms with Crippen molar-refractivity contribution in [3.05, 3.63) is 0 Å². The number of hydrogen-bond donors (Lipinski definition) is 3. The highest BCUT2D eigenvalue weighted by molar-refractivity contribution is 7.80. The van der Waals surface area contributed by atoms with Crippen LogP contribution in [-0.4, -0.2) is 22.6 Å². The van der Waals surface area contributed by atoms with Crippen LogP contribution in [0.25, 0.3) is 0 Å². The van der Waals surface area contributed by atoms with E-state index in [1.165, 1.54) is 0 Å². The summed E-state index contributed by atoms with van der Waals surface area (Å²) in [4.78, 5) is 11.9. The van der Waals surface area contributed by atoms with Crippen molar-refractivity contribution in [1.82, 2.24) is 10.6 Å². The van der Waals surface area contributed by atoms with Crippen molar-refractivity contribution < 1.29 is 4.79 Å². The van der Waals surface area contributed by atoms with Crippen molar-refractivity contribution in [2.24, 2.45) is 11.7 Å². The lowest BCUT2D eigenvalue weighted by Crippen LogP contribution is -2.53. The first kappa shape index (κ1) is 12.2. The Kier molecular flexibility index (Phi) is 3.54. The minimum atomic E-state index is -0.242. The summed E-state index contributed by atoms with van der Waals surface area (Å²) in [5.41, 5.74) is 5.34. The highest BCUT2D eigenvalue weighted by atomic mass is 32.1. The van der Waals surface area contributed by atoms with Crippen molar-refractivity contribution in [2.45, 2.75) is 45.2 Å². The Hall–Kier alpha value is -0.840. The molecule has 1 saturated carbocycles. The Morgan fingerprint density at radius 3 is 2.33 bits per heavy atom. The lowest BCUT2D eigenvalue weighted by atomic mass is 10.1. The van der Waals surface area contributed by atoms with Crippen molar-refractivity contribution in [3.8, 4) is 0 Å². The van der Waals surface area contributed by atoms with Crippen molar-refractivity contribution >= 4 is 23.2 Å². The average Bonchev–Trinajstić information content (AvgIpc) is 2.78. The Labute approximate surface area is 96.0 Å². The third-order valence-corrected chi connectivity index (χ3v) is 2.43. The van der Waals surface area contributed by atoms with E-state index in [0.29, 0.717) is 10.9 Å². The lowest BCUT2D eigenvalue weighted by molar-refractivity contribution is 0.229. The van der Waals surface area contributed by atoms with E-state index in [1.807, 2.05) is 20.8 Å². The summed E-state index contributed by atoms with van der Waals surface area (Å²) in [7, 11) is 0. The maximum atomic E-state index is 11.6. The number of hydrogen-bond acceptors (Lipinski definition) is 2. The van der Waals surface area contributed by atoms with E-state index >= 15 is 0 Å². The summed E-state index contributed by atoms with van der Waals surface area (Å²) in [5.74, 6) is 0.438. The van der Waals surface area contributed by atoms with E-state index in [9.17, 15) is 4.79 Å². The zero-order chi connectivity index (χ0) is 11.6. The van der Waals surface area contributed by atoms with Gasteiger partial charge in [0.05, 0.1) is 11.0 Å². The number of nitrogens with one attached hydrogen (secondary N) is 2. The quantitative estimate of drug-likeness (QED) is 0.636. The van der Waals surface area contributed by atoms with Gasteiger partial charge in [-0.15, -0.1) is 0 Å². The molecule has 0 saturated heterocycles. The molecule has 0 radical (unpaired) electrons. The van der Waals surface area contributed by atoms with Crippen LogP contribution >= 0.6 is 12.2 Å². The van der Waals surface area contributed by atoms with E-state index in [2.05, 4.69) is 10.6 Å². The van der Waals surface area contributed by atoms with Crippen molar-refractivity contribution in [1.29, 1.82) is 0 Å². The van der Waals surface area contributed by atoms with E-state index < -0.39 is 0 Å². The molecule has 0 aliphatic heterocycles. The zero-order valence-electron chi connectivity index (χ0n) is 9.46. The number of carbonyl (C=O) groups excluding carboxylic acids is 1. The van der Waals surface area contributed by atoms with Crippen LogP contribution in [0.4, 0.5) is 4.79 Å². The van der Waals surface area contributed by atoms with Crippen molar-refractivity contribution in [2.75, 3.05) is 0 Å². The second kappa shape index (κ2) is 4.35. The molecule has 2 amide bonds. The highest BCUT2D eigenvalue weighted by Crippen LogP contribution is 2.32. The third kappa shape index (κ3) is 4.46. The van der Waals surface area contributed by atoms with E-state index in [0.717, 1.165) is 12.8 Å². The van der Waals surface area contributed by atoms with Gasteiger partial charge in [-0.1, -0.05) is 12.2 Å². The summed E-state index contributed by atoms with van der Waals surface area (Å²) in [6.45, 7) is 5.79. The smallest absolute Gasteiger partial charge is 0.315 e. The van der Waals surface area contributed by atoms with Gasteiger partial charge in [0.25, 0.3) is 0 Å². The molecule has 1 unspecified atom stereocenters. The van der Waals surface area contributed by atoms with Gasteiger partial charge < -0.3 is 16.4 Å². The summed E-state index contributed by atoms with van der Waals surface area (Å²) in [6, 6.07) is -0.352. The molecule has 5 heteroatoms. The average molecular weight is 229 g/mol. The summed E-state index contributed by atoms with van der Waals surface area (Å²) in [5, 5.41) is 5.64. The molecule has 1 aliphatic rings. The molecule has 86 valence electrons. The Morgan fingerprint density at radius 1 is 1.47 bits per heavy atom. The van der Waals surface area contributed by atoms with Crippen LogP contribution in [0, 0.1) is 5.92 Å². The van der Waals surface area contributed by atoms with Crippen LogP contribution in [0.3, 0.4) is 0 Å². The molecule has 0 aromatic heterocycles. The largest absolute Gasteiger partial charge is 0.392 e. The highest BCUT2D eigenvalue weighted by Gasteiger charge is 2.34. The maximum Gasteiger partial charge on any atom is 0.315 e. The van der Waals surface area contributed by atoms with Crippen LogP contribution < -0.4 is 16.4 Å². The summed E-state index contributed by atoms with van der Waals surface area (Å²) < 4.78 is 0. The van der Waals surface area contributed by atoms with Gasteiger partial charge in [-0.3, -0.25) is 0 Å². The first-order chi connectivity index (χ1) is 6.79. The summed E-state index contributed by atoms with van der Waals surface area (Å²) >= 11 is 4.93.